The zero-order valence-corrected chi connectivity index (χ0v) is 6.56. The summed E-state index contributed by atoms with van der Waals surface area (Å²) in [6.07, 6.45) is 0. The molecule has 0 amide bonds. The van der Waals surface area contributed by atoms with Crippen LogP contribution >= 0.6 is 0 Å². The Morgan fingerprint density at radius 1 is 1.00 bits per heavy atom. The summed E-state index contributed by atoms with van der Waals surface area (Å²) in [7, 11) is -2.92. The first kappa shape index (κ1) is 15.7. The second kappa shape index (κ2) is 9.94. The van der Waals surface area contributed by atoms with Gasteiger partial charge in [-0.15, -0.1) is 0 Å². The van der Waals surface area contributed by atoms with E-state index in [-0.39, 0.29) is 57.7 Å². The molecule has 0 N–H and O–H groups in total. The van der Waals surface area contributed by atoms with Crippen molar-refractivity contribution in [3.8, 4) is 0 Å². The Morgan fingerprint density at radius 3 is 1.00 bits per heavy atom. The van der Waals surface area contributed by atoms with Gasteiger partial charge in [0, 0.05) is 40.4 Å². The van der Waals surface area contributed by atoms with Crippen LogP contribution in [0.4, 0.5) is 0 Å². The van der Waals surface area contributed by atoms with Crippen LogP contribution < -0.4 is 15.1 Å². The Balaban J connectivity index is -0.0000000450. The van der Waals surface area contributed by atoms with Crippen molar-refractivity contribution in [1.29, 1.82) is 0 Å². The molecule has 0 aliphatic rings. The van der Waals surface area contributed by atoms with Crippen molar-refractivity contribution < 1.29 is 55.5 Å². The summed E-state index contributed by atoms with van der Waals surface area (Å²) in [4.78, 5) is 0. The minimum Gasteiger partial charge on any atom is -0.907 e. The molecule has 0 aliphatic heterocycles. The van der Waals surface area contributed by atoms with E-state index in [2.05, 4.69) is 0 Å². The largest absolute Gasteiger partial charge is 3.00 e. The fourth-order valence-corrected chi connectivity index (χ4v) is 0. The van der Waals surface area contributed by atoms with Gasteiger partial charge in [-0.25, -0.2) is 0 Å². The van der Waals surface area contributed by atoms with Crippen LogP contribution in [-0.4, -0.2) is 24.7 Å². The molecule has 6 heavy (non-hydrogen) atoms. The minimum atomic E-state index is -2.92. The molecule has 0 aromatic rings. The molecule has 30 valence electrons. The third-order valence-corrected chi connectivity index (χ3v) is 0. The normalized spacial score (nSPS) is 4.50. The standard InChI is InChI=1S/Al.BO3.Sm/c;2-1(3)4;/q+3;-3;. The Morgan fingerprint density at radius 2 is 1.00 bits per heavy atom. The van der Waals surface area contributed by atoms with Crippen LogP contribution in [0, 0.1) is 40.4 Å². The van der Waals surface area contributed by atoms with Crippen LogP contribution in [0.3, 0.4) is 0 Å². The fraction of sp³-hybridized carbons (Fsp3) is 0. The number of hydrogen-bond donors (Lipinski definition) is 0. The SMILES string of the molecule is [Al+3].[O-]B([O-])[O-].[Sm]. The van der Waals surface area contributed by atoms with Gasteiger partial charge in [0.05, 0.1) is 0 Å². The number of rotatable bonds is 0. The molecule has 0 heterocycles. The summed E-state index contributed by atoms with van der Waals surface area (Å²) in [6.45, 7) is 0. The van der Waals surface area contributed by atoms with Crippen LogP contribution in [0.1, 0.15) is 0 Å². The van der Waals surface area contributed by atoms with Gasteiger partial charge in [-0.3, -0.25) is 7.32 Å². The summed E-state index contributed by atoms with van der Waals surface area (Å²) in [5, 5.41) is 25.2. The van der Waals surface area contributed by atoms with Crippen molar-refractivity contribution in [1.82, 2.24) is 0 Å². The summed E-state index contributed by atoms with van der Waals surface area (Å²) >= 11 is 0. The van der Waals surface area contributed by atoms with Gasteiger partial charge in [-0.1, -0.05) is 0 Å². The topological polar surface area (TPSA) is 69.2 Å². The summed E-state index contributed by atoms with van der Waals surface area (Å²) < 4.78 is 0. The van der Waals surface area contributed by atoms with Crippen molar-refractivity contribution in [3.63, 3.8) is 0 Å². The molecule has 0 bridgehead atoms. The zero-order valence-electron chi connectivity index (χ0n) is 2.79. The molecule has 3 nitrogen and oxygen atoms in total. The summed E-state index contributed by atoms with van der Waals surface area (Å²) in [5.41, 5.74) is 0. The first-order valence-electron chi connectivity index (χ1n) is 0.707. The molecule has 0 fully saturated rings. The van der Waals surface area contributed by atoms with E-state index in [0.29, 0.717) is 0 Å². The molecule has 0 saturated heterocycles. The van der Waals surface area contributed by atoms with Crippen molar-refractivity contribution in [2.75, 3.05) is 0 Å². The Bertz CT molecular complexity index is 15.5. The van der Waals surface area contributed by atoms with E-state index in [4.69, 9.17) is 15.1 Å². The van der Waals surface area contributed by atoms with E-state index in [1.54, 1.807) is 0 Å². The van der Waals surface area contributed by atoms with E-state index in [1.807, 2.05) is 0 Å². The summed E-state index contributed by atoms with van der Waals surface area (Å²) in [5.74, 6) is 0. The van der Waals surface area contributed by atoms with Gasteiger partial charge < -0.3 is 15.1 Å². The molecule has 6 heteroatoms. The van der Waals surface area contributed by atoms with Crippen LogP contribution in [0.2, 0.25) is 0 Å². The molecule has 0 atom stereocenters. The average molecular weight is 236 g/mol. The first-order chi connectivity index (χ1) is 1.73. The molecule has 0 rings (SSSR count). The van der Waals surface area contributed by atoms with Crippen LogP contribution in [0.15, 0.2) is 0 Å². The van der Waals surface area contributed by atoms with Crippen LogP contribution in [-0.2, 0) is 0 Å². The van der Waals surface area contributed by atoms with Crippen molar-refractivity contribution in [2.24, 2.45) is 0 Å². The van der Waals surface area contributed by atoms with E-state index in [1.165, 1.54) is 0 Å². The van der Waals surface area contributed by atoms with Crippen molar-refractivity contribution in [2.45, 2.75) is 0 Å². The molecule has 0 aromatic heterocycles. The van der Waals surface area contributed by atoms with Gasteiger partial charge in [-0.05, 0) is 0 Å². The van der Waals surface area contributed by atoms with Gasteiger partial charge in [0.2, 0.25) is 0 Å². The second-order valence-corrected chi connectivity index (χ2v) is 0.289. The van der Waals surface area contributed by atoms with E-state index < -0.39 is 7.32 Å². The van der Waals surface area contributed by atoms with E-state index in [0.717, 1.165) is 0 Å². The first-order valence-corrected chi connectivity index (χ1v) is 0.707. The molecule has 0 aliphatic carbocycles. The molecule has 0 spiro atoms. The van der Waals surface area contributed by atoms with Gasteiger partial charge in [0.1, 0.15) is 0 Å². The minimum absolute atomic E-state index is 0. The predicted octanol–water partition coefficient (Wildman–Crippen LogP) is -4.33. The smallest absolute Gasteiger partial charge is 0.907 e. The van der Waals surface area contributed by atoms with Crippen molar-refractivity contribution in [3.05, 3.63) is 0 Å². The third-order valence-electron chi connectivity index (χ3n) is 0. The van der Waals surface area contributed by atoms with Gasteiger partial charge in [-0.2, -0.15) is 0 Å². The van der Waals surface area contributed by atoms with Gasteiger partial charge in [0.15, 0.2) is 0 Å². The Labute approximate surface area is 79.2 Å². The average Bonchev–Trinajstić information content (AvgIpc) is 0.811. The molecule has 0 radical (unpaired) electrons. The van der Waals surface area contributed by atoms with Crippen LogP contribution in [0.5, 0.6) is 0 Å². The maximum atomic E-state index is 8.42. The summed E-state index contributed by atoms with van der Waals surface area (Å²) in [6, 6.07) is 0. The number of hydrogen-bond acceptors (Lipinski definition) is 3. The zero-order chi connectivity index (χ0) is 3.58. The molecular formula is AlBO3Sm. The van der Waals surface area contributed by atoms with Gasteiger partial charge >= 0.3 is 17.4 Å². The molecular weight excluding hydrogens is 236 g/mol. The molecule has 0 saturated carbocycles. The van der Waals surface area contributed by atoms with E-state index in [9.17, 15) is 0 Å². The van der Waals surface area contributed by atoms with Crippen molar-refractivity contribution >= 4 is 24.7 Å². The maximum absolute atomic E-state index is 8.42. The predicted molar refractivity (Wildman–Crippen MR) is 11.5 cm³/mol. The van der Waals surface area contributed by atoms with E-state index >= 15 is 0 Å². The monoisotopic (exact) mass is 238 g/mol. The fourth-order valence-electron chi connectivity index (χ4n) is 0. The Kier molecular flexibility index (Phi) is 25.9. The quantitative estimate of drug-likeness (QED) is 0.399. The molecule has 0 unspecified atom stereocenters. The molecule has 0 aromatic carbocycles. The Hall–Kier alpha value is 1.82. The van der Waals surface area contributed by atoms with Crippen LogP contribution in [0.25, 0.3) is 0 Å². The maximum Gasteiger partial charge on any atom is 3.00 e. The third kappa shape index (κ3) is 40.9. The van der Waals surface area contributed by atoms with Gasteiger partial charge in [0.25, 0.3) is 0 Å². The second-order valence-electron chi connectivity index (χ2n) is 0.289.